The molecule has 26 heavy (non-hydrogen) atoms. The largest absolute Gasteiger partial charge is 0.464 e. The molecule has 2 aromatic rings. The lowest BCUT2D eigenvalue weighted by Gasteiger charge is -2.37. The van der Waals surface area contributed by atoms with Crippen LogP contribution in [0, 0.1) is 6.92 Å². The van der Waals surface area contributed by atoms with E-state index in [9.17, 15) is 9.18 Å². The Bertz CT molecular complexity index is 782. The van der Waals surface area contributed by atoms with Gasteiger partial charge in [0.1, 0.15) is 0 Å². The summed E-state index contributed by atoms with van der Waals surface area (Å²) in [5.74, 6) is -0.282. The van der Waals surface area contributed by atoms with Crippen molar-refractivity contribution in [1.29, 1.82) is 0 Å². The normalized spacial score (nSPS) is 16.5. The van der Waals surface area contributed by atoms with Gasteiger partial charge in [0.2, 0.25) is 5.67 Å². The molecule has 0 aliphatic carbocycles. The summed E-state index contributed by atoms with van der Waals surface area (Å²) in [4.78, 5) is 18.1. The van der Waals surface area contributed by atoms with E-state index in [1.807, 2.05) is 23.8 Å². The van der Waals surface area contributed by atoms with Crippen molar-refractivity contribution in [1.82, 2.24) is 9.55 Å². The van der Waals surface area contributed by atoms with E-state index in [2.05, 4.69) is 22.0 Å². The van der Waals surface area contributed by atoms with Gasteiger partial charge in [-0.3, -0.25) is 0 Å². The number of alkyl halides is 1. The van der Waals surface area contributed by atoms with E-state index in [4.69, 9.17) is 10.5 Å². The maximum Gasteiger partial charge on any atom is 0.344 e. The number of carbonyl (C=O) groups is 1. The Morgan fingerprint density at radius 2 is 2.12 bits per heavy atom. The number of aromatic nitrogens is 2. The number of nitrogens with zero attached hydrogens (tertiary/aromatic N) is 3. The Labute approximate surface area is 152 Å². The Kier molecular flexibility index (Phi) is 5.15. The zero-order chi connectivity index (χ0) is 18.7. The lowest BCUT2D eigenvalue weighted by Crippen LogP contribution is -2.47. The van der Waals surface area contributed by atoms with Crippen molar-refractivity contribution in [3.05, 3.63) is 41.7 Å². The highest BCUT2D eigenvalue weighted by Gasteiger charge is 2.43. The van der Waals surface area contributed by atoms with Gasteiger partial charge in [0.15, 0.2) is 5.95 Å². The van der Waals surface area contributed by atoms with E-state index in [1.165, 1.54) is 0 Å². The summed E-state index contributed by atoms with van der Waals surface area (Å²) in [5, 5.41) is 0. The molecular formula is C19H25FN4O2. The topological polar surface area (TPSA) is 73.4 Å². The Morgan fingerprint density at radius 1 is 1.38 bits per heavy atom. The molecule has 1 aliphatic rings. The molecule has 0 radical (unpaired) electrons. The van der Waals surface area contributed by atoms with Crippen molar-refractivity contribution in [2.75, 3.05) is 30.3 Å². The molecule has 2 N–H and O–H groups in total. The highest BCUT2D eigenvalue weighted by atomic mass is 19.1. The van der Waals surface area contributed by atoms with Gasteiger partial charge in [-0.25, -0.2) is 14.2 Å². The van der Waals surface area contributed by atoms with Crippen molar-refractivity contribution in [2.45, 2.75) is 38.9 Å². The number of ether oxygens (including phenoxy) is 1. The van der Waals surface area contributed by atoms with Crippen LogP contribution in [-0.4, -0.2) is 40.9 Å². The molecule has 2 heterocycles. The third-order valence-corrected chi connectivity index (χ3v) is 4.87. The average molecular weight is 360 g/mol. The number of piperidine rings is 1. The number of hydrogen-bond acceptors (Lipinski definition) is 5. The van der Waals surface area contributed by atoms with Crippen LogP contribution in [0.1, 0.15) is 30.9 Å². The standard InChI is InChI=1S/C19H25FN4O2/c1-3-26-17(25)19(20)6-9-23(10-7-19)16-12-14(2)4-5-15(16)13-24-11-8-22-18(24)21/h4-5,8,11-12H,3,6-7,9-10,13H2,1-2H3,(H2,21,22). The third kappa shape index (κ3) is 3.66. The van der Waals surface area contributed by atoms with Gasteiger partial charge in [-0.05, 0) is 31.0 Å². The summed E-state index contributed by atoms with van der Waals surface area (Å²) in [6.45, 7) is 5.44. The fraction of sp³-hybridized carbons (Fsp3) is 0.474. The van der Waals surface area contributed by atoms with Crippen LogP contribution < -0.4 is 10.6 Å². The van der Waals surface area contributed by atoms with Gasteiger partial charge in [0.25, 0.3) is 0 Å². The van der Waals surface area contributed by atoms with E-state index in [-0.39, 0.29) is 19.4 Å². The average Bonchev–Trinajstić information content (AvgIpc) is 3.02. The summed E-state index contributed by atoms with van der Waals surface area (Å²) in [6.07, 6.45) is 3.77. The van der Waals surface area contributed by atoms with Gasteiger partial charge < -0.3 is 19.9 Å². The number of aryl methyl sites for hydroxylation is 1. The summed E-state index contributed by atoms with van der Waals surface area (Å²) in [7, 11) is 0. The first-order valence-corrected chi connectivity index (χ1v) is 8.90. The van der Waals surface area contributed by atoms with Crippen molar-refractivity contribution in [3.8, 4) is 0 Å². The first kappa shape index (κ1) is 18.2. The fourth-order valence-corrected chi connectivity index (χ4v) is 3.33. The second kappa shape index (κ2) is 7.35. The molecule has 6 nitrogen and oxygen atoms in total. The summed E-state index contributed by atoms with van der Waals surface area (Å²) in [6, 6.07) is 6.21. The van der Waals surface area contributed by atoms with Crippen LogP contribution in [-0.2, 0) is 16.1 Å². The highest BCUT2D eigenvalue weighted by Crippen LogP contribution is 2.33. The Balaban J connectivity index is 1.78. The zero-order valence-electron chi connectivity index (χ0n) is 15.2. The second-order valence-corrected chi connectivity index (χ2v) is 6.72. The number of esters is 1. The van der Waals surface area contributed by atoms with Crippen LogP contribution in [0.5, 0.6) is 0 Å². The molecule has 0 atom stereocenters. The maximum atomic E-state index is 14.8. The molecule has 0 saturated carbocycles. The molecule has 7 heteroatoms. The highest BCUT2D eigenvalue weighted by molar-refractivity contribution is 5.80. The zero-order valence-corrected chi connectivity index (χ0v) is 15.2. The van der Waals surface area contributed by atoms with E-state index >= 15 is 0 Å². The lowest BCUT2D eigenvalue weighted by atomic mass is 9.92. The monoisotopic (exact) mass is 360 g/mol. The third-order valence-electron chi connectivity index (χ3n) is 4.87. The number of anilines is 2. The molecule has 0 spiro atoms. The molecule has 0 bridgehead atoms. The Morgan fingerprint density at radius 3 is 2.73 bits per heavy atom. The van der Waals surface area contributed by atoms with Gasteiger partial charge >= 0.3 is 5.97 Å². The summed E-state index contributed by atoms with van der Waals surface area (Å²) < 4.78 is 21.6. The van der Waals surface area contributed by atoms with Crippen molar-refractivity contribution >= 4 is 17.6 Å². The van der Waals surface area contributed by atoms with Crippen LogP contribution in [0.4, 0.5) is 16.0 Å². The van der Waals surface area contributed by atoms with Crippen LogP contribution in [0.2, 0.25) is 0 Å². The maximum absolute atomic E-state index is 14.8. The van der Waals surface area contributed by atoms with Gasteiger partial charge in [-0.1, -0.05) is 12.1 Å². The van der Waals surface area contributed by atoms with Gasteiger partial charge in [0, 0.05) is 44.0 Å². The van der Waals surface area contributed by atoms with Crippen molar-refractivity contribution in [3.63, 3.8) is 0 Å². The number of hydrogen-bond donors (Lipinski definition) is 1. The van der Waals surface area contributed by atoms with Crippen LogP contribution in [0.15, 0.2) is 30.6 Å². The molecule has 1 saturated heterocycles. The fourth-order valence-electron chi connectivity index (χ4n) is 3.33. The molecule has 3 rings (SSSR count). The second-order valence-electron chi connectivity index (χ2n) is 6.72. The number of carbonyl (C=O) groups excluding carboxylic acids is 1. The number of nitrogens with two attached hydrogens (primary N) is 1. The van der Waals surface area contributed by atoms with Crippen LogP contribution in [0.3, 0.4) is 0 Å². The molecule has 140 valence electrons. The number of halogens is 1. The SMILES string of the molecule is CCOC(=O)C1(F)CCN(c2cc(C)ccc2Cn2ccnc2N)CC1. The smallest absolute Gasteiger partial charge is 0.344 e. The number of imidazole rings is 1. The molecule has 1 aromatic heterocycles. The van der Waals surface area contributed by atoms with E-state index in [1.54, 1.807) is 13.1 Å². The molecule has 1 fully saturated rings. The van der Waals surface area contributed by atoms with Gasteiger partial charge in [0.05, 0.1) is 13.2 Å². The lowest BCUT2D eigenvalue weighted by molar-refractivity contribution is -0.158. The van der Waals surface area contributed by atoms with Crippen LogP contribution in [0.25, 0.3) is 0 Å². The van der Waals surface area contributed by atoms with Crippen molar-refractivity contribution in [2.24, 2.45) is 0 Å². The van der Waals surface area contributed by atoms with E-state index in [0.29, 0.717) is 25.6 Å². The summed E-state index contributed by atoms with van der Waals surface area (Å²) in [5.41, 5.74) is 7.26. The minimum atomic E-state index is -1.88. The molecule has 0 unspecified atom stereocenters. The van der Waals surface area contributed by atoms with Gasteiger partial charge in [-0.15, -0.1) is 0 Å². The first-order valence-electron chi connectivity index (χ1n) is 8.90. The van der Waals surface area contributed by atoms with Crippen molar-refractivity contribution < 1.29 is 13.9 Å². The predicted octanol–water partition coefficient (Wildman–Crippen LogP) is 2.69. The number of benzene rings is 1. The molecule has 1 aromatic carbocycles. The summed E-state index contributed by atoms with van der Waals surface area (Å²) >= 11 is 0. The van der Waals surface area contributed by atoms with Crippen LogP contribution >= 0.6 is 0 Å². The number of rotatable bonds is 5. The molecule has 1 aliphatic heterocycles. The van der Waals surface area contributed by atoms with Gasteiger partial charge in [-0.2, -0.15) is 0 Å². The minimum absolute atomic E-state index is 0.131. The minimum Gasteiger partial charge on any atom is -0.464 e. The number of nitrogen functional groups attached to an aromatic ring is 1. The van der Waals surface area contributed by atoms with E-state index in [0.717, 1.165) is 16.8 Å². The predicted molar refractivity (Wildman–Crippen MR) is 98.8 cm³/mol. The molecular weight excluding hydrogens is 335 g/mol. The first-order chi connectivity index (χ1) is 12.4. The van der Waals surface area contributed by atoms with E-state index < -0.39 is 11.6 Å². The molecule has 0 amide bonds. The Hall–Kier alpha value is -2.57. The quantitative estimate of drug-likeness (QED) is 0.830.